The lowest BCUT2D eigenvalue weighted by Gasteiger charge is -2.20. The van der Waals surface area contributed by atoms with Crippen LogP contribution in [0.4, 0.5) is 0 Å². The molecule has 0 saturated carbocycles. The molecule has 0 saturated heterocycles. The largest absolute Gasteiger partial charge is 0.346 e. The fraction of sp³-hybridized carbons (Fsp3) is 0.333. The van der Waals surface area contributed by atoms with Crippen LogP contribution in [-0.4, -0.2) is 31.5 Å². The van der Waals surface area contributed by atoms with E-state index in [1.54, 1.807) is 12.1 Å². The molecule has 0 aliphatic carbocycles. The molecule has 32 heavy (non-hydrogen) atoms. The summed E-state index contributed by atoms with van der Waals surface area (Å²) in [6.07, 6.45) is 2.51. The molecule has 0 aliphatic rings. The third kappa shape index (κ3) is 5.01. The van der Waals surface area contributed by atoms with E-state index in [4.69, 9.17) is 5.26 Å². The Labute approximate surface area is 189 Å². The predicted molar refractivity (Wildman–Crippen MR) is 125 cm³/mol. The van der Waals surface area contributed by atoms with E-state index in [0.717, 1.165) is 27.6 Å². The Kier molecular flexibility index (Phi) is 7.02. The molecule has 3 aromatic rings. The van der Waals surface area contributed by atoms with Gasteiger partial charge in [0.1, 0.15) is 6.54 Å². The number of rotatable bonds is 8. The maximum absolute atomic E-state index is 13.2. The number of carbonyl (C=O) groups excluding carboxylic acids is 1. The van der Waals surface area contributed by atoms with E-state index < -0.39 is 10.0 Å². The summed E-state index contributed by atoms with van der Waals surface area (Å²) >= 11 is 0. The third-order valence-corrected chi connectivity index (χ3v) is 7.29. The van der Waals surface area contributed by atoms with Gasteiger partial charge in [-0.3, -0.25) is 4.79 Å². The van der Waals surface area contributed by atoms with E-state index in [2.05, 4.69) is 10.0 Å². The second kappa shape index (κ2) is 9.55. The Morgan fingerprint density at radius 1 is 1.12 bits per heavy atom. The lowest BCUT2D eigenvalue weighted by molar-refractivity contribution is 0.0958. The van der Waals surface area contributed by atoms with E-state index >= 15 is 0 Å². The molecule has 0 aliphatic heterocycles. The molecule has 0 fully saturated rings. The zero-order valence-corrected chi connectivity index (χ0v) is 19.6. The van der Waals surface area contributed by atoms with Crippen molar-refractivity contribution in [2.45, 2.75) is 51.6 Å². The van der Waals surface area contributed by atoms with Gasteiger partial charge in [0, 0.05) is 35.2 Å². The van der Waals surface area contributed by atoms with Crippen LogP contribution in [0.3, 0.4) is 0 Å². The maximum atomic E-state index is 13.2. The SMILES string of the molecule is CC[C@@H](Cn1ccc2cc(C(=O)NCC#N)ccc21)NS(=O)(=O)c1c(C)cc(C)cc1C. The number of benzene rings is 2. The second-order valence-electron chi connectivity index (χ2n) is 8.04. The van der Waals surface area contributed by atoms with Crippen molar-refractivity contribution in [1.82, 2.24) is 14.6 Å². The summed E-state index contributed by atoms with van der Waals surface area (Å²) in [5, 5.41) is 12.0. The Balaban J connectivity index is 1.83. The standard InChI is InChI=1S/C24H28N4O3S/c1-5-21(27-32(30,31)23-17(3)12-16(2)13-18(23)4)15-28-11-8-19-14-20(6-7-22(19)28)24(29)26-10-9-25/h6-8,11-14,21,27H,5,10,15H2,1-4H3,(H,26,29)/t21-/m0/s1. The van der Waals surface area contributed by atoms with Gasteiger partial charge in [-0.05, 0) is 62.6 Å². The van der Waals surface area contributed by atoms with Crippen LogP contribution in [0, 0.1) is 32.1 Å². The molecule has 0 radical (unpaired) electrons. The quantitative estimate of drug-likeness (QED) is 0.510. The average Bonchev–Trinajstić information content (AvgIpc) is 3.12. The zero-order chi connectivity index (χ0) is 23.5. The molecule has 1 amide bonds. The van der Waals surface area contributed by atoms with Gasteiger partial charge in [-0.25, -0.2) is 13.1 Å². The van der Waals surface area contributed by atoms with Gasteiger partial charge < -0.3 is 9.88 Å². The summed E-state index contributed by atoms with van der Waals surface area (Å²) in [6, 6.07) is 12.6. The molecule has 1 aromatic heterocycles. The van der Waals surface area contributed by atoms with Crippen molar-refractivity contribution in [3.05, 3.63) is 64.8 Å². The number of hydrogen-bond donors (Lipinski definition) is 2. The molecule has 1 atom stereocenters. The van der Waals surface area contributed by atoms with Gasteiger partial charge in [0.05, 0.1) is 11.0 Å². The molecule has 0 unspecified atom stereocenters. The summed E-state index contributed by atoms with van der Waals surface area (Å²) in [4.78, 5) is 12.4. The molecule has 0 spiro atoms. The first-order valence-corrected chi connectivity index (χ1v) is 12.0. The third-order valence-electron chi connectivity index (χ3n) is 5.47. The summed E-state index contributed by atoms with van der Waals surface area (Å²) in [6.45, 7) is 7.96. The highest BCUT2D eigenvalue weighted by Crippen LogP contribution is 2.23. The van der Waals surface area contributed by atoms with Crippen LogP contribution in [0.1, 0.15) is 40.4 Å². The number of nitrogens with one attached hydrogen (secondary N) is 2. The molecule has 2 aromatic carbocycles. The lowest BCUT2D eigenvalue weighted by Crippen LogP contribution is -2.38. The van der Waals surface area contributed by atoms with Crippen LogP contribution < -0.4 is 10.0 Å². The zero-order valence-electron chi connectivity index (χ0n) is 18.8. The summed E-state index contributed by atoms with van der Waals surface area (Å²) in [5.74, 6) is -0.302. The van der Waals surface area contributed by atoms with Gasteiger partial charge in [0.15, 0.2) is 0 Å². The normalized spacial score (nSPS) is 12.5. The van der Waals surface area contributed by atoms with Gasteiger partial charge in [-0.1, -0.05) is 24.6 Å². The van der Waals surface area contributed by atoms with Crippen molar-refractivity contribution < 1.29 is 13.2 Å². The van der Waals surface area contributed by atoms with E-state index in [9.17, 15) is 13.2 Å². The number of aromatic nitrogens is 1. The highest BCUT2D eigenvalue weighted by Gasteiger charge is 2.23. The molecule has 1 heterocycles. The highest BCUT2D eigenvalue weighted by molar-refractivity contribution is 7.89. The van der Waals surface area contributed by atoms with Gasteiger partial charge in [-0.15, -0.1) is 0 Å². The number of carbonyl (C=O) groups is 1. The van der Waals surface area contributed by atoms with E-state index in [0.29, 0.717) is 23.4 Å². The Bertz CT molecular complexity index is 1280. The van der Waals surface area contributed by atoms with Crippen LogP contribution >= 0.6 is 0 Å². The van der Waals surface area contributed by atoms with Gasteiger partial charge in [-0.2, -0.15) is 5.26 Å². The van der Waals surface area contributed by atoms with Crippen LogP contribution in [-0.2, 0) is 16.6 Å². The topological polar surface area (TPSA) is 104 Å². The van der Waals surface area contributed by atoms with E-state index in [1.807, 2.05) is 68.8 Å². The first-order chi connectivity index (χ1) is 15.2. The van der Waals surface area contributed by atoms with Gasteiger partial charge in [0.25, 0.3) is 5.91 Å². The minimum Gasteiger partial charge on any atom is -0.346 e. The lowest BCUT2D eigenvalue weighted by atomic mass is 10.1. The maximum Gasteiger partial charge on any atom is 0.252 e. The first kappa shape index (κ1) is 23.5. The number of nitriles is 1. The fourth-order valence-corrected chi connectivity index (χ4v) is 5.84. The van der Waals surface area contributed by atoms with E-state index in [1.165, 1.54) is 0 Å². The van der Waals surface area contributed by atoms with E-state index in [-0.39, 0.29) is 18.5 Å². The average molecular weight is 453 g/mol. The monoisotopic (exact) mass is 452 g/mol. The van der Waals surface area contributed by atoms with Gasteiger partial charge in [0.2, 0.25) is 10.0 Å². The van der Waals surface area contributed by atoms with Crippen LogP contribution in [0.5, 0.6) is 0 Å². The summed E-state index contributed by atoms with van der Waals surface area (Å²) in [5.41, 5.74) is 3.88. The molecule has 8 heteroatoms. The molecular weight excluding hydrogens is 424 g/mol. The molecule has 3 rings (SSSR count). The molecule has 168 valence electrons. The Hall–Kier alpha value is -3.15. The smallest absolute Gasteiger partial charge is 0.252 e. The number of amides is 1. The number of nitrogens with zero attached hydrogens (tertiary/aromatic N) is 2. The fourth-order valence-electron chi connectivity index (χ4n) is 4.08. The van der Waals surface area contributed by atoms with Crippen LogP contribution in [0.15, 0.2) is 47.5 Å². The number of sulfonamides is 1. The minimum atomic E-state index is -3.68. The summed E-state index contributed by atoms with van der Waals surface area (Å²) in [7, 11) is -3.68. The molecule has 2 N–H and O–H groups in total. The molecular formula is C24H28N4O3S. The summed E-state index contributed by atoms with van der Waals surface area (Å²) < 4.78 is 31.2. The minimum absolute atomic E-state index is 0.0455. The van der Waals surface area contributed by atoms with Crippen LogP contribution in [0.25, 0.3) is 10.9 Å². The predicted octanol–water partition coefficient (Wildman–Crippen LogP) is 3.58. The highest BCUT2D eigenvalue weighted by atomic mass is 32.2. The van der Waals surface area contributed by atoms with Crippen molar-refractivity contribution in [3.8, 4) is 6.07 Å². The van der Waals surface area contributed by atoms with Crippen molar-refractivity contribution in [1.29, 1.82) is 5.26 Å². The van der Waals surface area contributed by atoms with Crippen molar-refractivity contribution >= 4 is 26.8 Å². The number of fused-ring (bicyclic) bond motifs is 1. The number of hydrogen-bond acceptors (Lipinski definition) is 4. The van der Waals surface area contributed by atoms with Crippen LogP contribution in [0.2, 0.25) is 0 Å². The van der Waals surface area contributed by atoms with Crippen molar-refractivity contribution in [2.24, 2.45) is 0 Å². The number of aryl methyl sites for hydroxylation is 3. The van der Waals surface area contributed by atoms with Crippen molar-refractivity contribution in [2.75, 3.05) is 6.54 Å². The van der Waals surface area contributed by atoms with Gasteiger partial charge >= 0.3 is 0 Å². The Morgan fingerprint density at radius 2 is 1.81 bits per heavy atom. The first-order valence-electron chi connectivity index (χ1n) is 10.5. The molecule has 7 nitrogen and oxygen atoms in total. The second-order valence-corrected chi connectivity index (χ2v) is 9.69. The Morgan fingerprint density at radius 3 is 2.44 bits per heavy atom. The van der Waals surface area contributed by atoms with Crippen molar-refractivity contribution in [3.63, 3.8) is 0 Å². The molecule has 0 bridgehead atoms.